The van der Waals surface area contributed by atoms with Crippen molar-refractivity contribution in [1.29, 1.82) is 0 Å². The summed E-state index contributed by atoms with van der Waals surface area (Å²) >= 11 is 0. The van der Waals surface area contributed by atoms with Gasteiger partial charge in [-0.05, 0) is 56.6 Å². The van der Waals surface area contributed by atoms with Crippen LogP contribution in [0.4, 0.5) is 0 Å². The molecule has 0 bridgehead atoms. The first-order chi connectivity index (χ1) is 7.71. The van der Waals surface area contributed by atoms with Crippen LogP contribution in [0.25, 0.3) is 0 Å². The average Bonchev–Trinajstić information content (AvgIpc) is 2.81. The van der Waals surface area contributed by atoms with E-state index in [1.807, 2.05) is 0 Å². The molecule has 0 aliphatic heterocycles. The predicted octanol–water partition coefficient (Wildman–Crippen LogP) is 2.93. The quantitative estimate of drug-likeness (QED) is 0.747. The lowest BCUT2D eigenvalue weighted by Gasteiger charge is -2.27. The van der Waals surface area contributed by atoms with Gasteiger partial charge >= 0.3 is 0 Å². The van der Waals surface area contributed by atoms with Gasteiger partial charge in [-0.3, -0.25) is 0 Å². The van der Waals surface area contributed by atoms with E-state index in [1.165, 1.54) is 68.3 Å². The molecule has 16 heavy (non-hydrogen) atoms. The van der Waals surface area contributed by atoms with Crippen molar-refractivity contribution in [2.24, 2.45) is 5.73 Å². The normalized spacial score (nSPS) is 23.4. The number of aromatic amines is 1. The van der Waals surface area contributed by atoms with Crippen LogP contribution in [0, 0.1) is 6.92 Å². The smallest absolute Gasteiger partial charge is 0.0430 e. The van der Waals surface area contributed by atoms with Crippen molar-refractivity contribution in [2.75, 3.05) is 0 Å². The molecule has 3 N–H and O–H groups in total. The van der Waals surface area contributed by atoms with Crippen molar-refractivity contribution in [3.05, 3.63) is 22.5 Å². The number of nitrogens with one attached hydrogen (secondary N) is 1. The summed E-state index contributed by atoms with van der Waals surface area (Å²) < 4.78 is 0. The molecule has 88 valence electrons. The number of rotatable bonds is 1. The fourth-order valence-electron chi connectivity index (χ4n) is 3.76. The molecule has 2 aliphatic rings. The molecule has 1 fully saturated rings. The van der Waals surface area contributed by atoms with Gasteiger partial charge in [0.15, 0.2) is 0 Å². The van der Waals surface area contributed by atoms with E-state index in [0.717, 1.165) is 0 Å². The summed E-state index contributed by atoms with van der Waals surface area (Å²) in [6.07, 6.45) is 10.1. The molecule has 2 nitrogen and oxygen atoms in total. The standard InChI is InChI=1S/C14H22N2/c1-10-13(14(15)8-4-5-9-14)11-6-2-3-7-12(11)16-10/h16H,2-9,15H2,1H3. The Balaban J connectivity index is 2.08. The van der Waals surface area contributed by atoms with Crippen molar-refractivity contribution < 1.29 is 0 Å². The lowest BCUT2D eigenvalue weighted by Crippen LogP contribution is -2.34. The van der Waals surface area contributed by atoms with Crippen molar-refractivity contribution in [3.63, 3.8) is 0 Å². The van der Waals surface area contributed by atoms with Gasteiger partial charge in [0.05, 0.1) is 0 Å². The van der Waals surface area contributed by atoms with Gasteiger partial charge in [0.25, 0.3) is 0 Å². The number of hydrogen-bond acceptors (Lipinski definition) is 1. The van der Waals surface area contributed by atoms with Gasteiger partial charge < -0.3 is 10.7 Å². The Kier molecular flexibility index (Phi) is 2.36. The fourth-order valence-corrected chi connectivity index (χ4v) is 3.76. The van der Waals surface area contributed by atoms with Gasteiger partial charge in [-0.1, -0.05) is 12.8 Å². The van der Waals surface area contributed by atoms with Gasteiger partial charge in [-0.15, -0.1) is 0 Å². The van der Waals surface area contributed by atoms with Crippen molar-refractivity contribution >= 4 is 0 Å². The number of aryl methyl sites for hydroxylation is 2. The number of aromatic nitrogens is 1. The topological polar surface area (TPSA) is 41.8 Å². The Bertz CT molecular complexity index is 397. The molecular weight excluding hydrogens is 196 g/mol. The number of nitrogens with two attached hydrogens (primary N) is 1. The van der Waals surface area contributed by atoms with E-state index in [1.54, 1.807) is 5.56 Å². The molecule has 0 saturated heterocycles. The van der Waals surface area contributed by atoms with Crippen molar-refractivity contribution in [1.82, 2.24) is 4.98 Å². The first-order valence-electron chi connectivity index (χ1n) is 6.70. The lowest BCUT2D eigenvalue weighted by atomic mass is 9.83. The van der Waals surface area contributed by atoms with Crippen LogP contribution in [0.3, 0.4) is 0 Å². The van der Waals surface area contributed by atoms with Crippen LogP contribution in [0.15, 0.2) is 0 Å². The van der Waals surface area contributed by atoms with Crippen LogP contribution < -0.4 is 5.73 Å². The minimum atomic E-state index is -0.00843. The zero-order chi connectivity index (χ0) is 11.2. The molecular formula is C14H22N2. The van der Waals surface area contributed by atoms with Gasteiger partial charge in [-0.2, -0.15) is 0 Å². The van der Waals surface area contributed by atoms with Gasteiger partial charge in [0, 0.05) is 16.9 Å². The van der Waals surface area contributed by atoms with Gasteiger partial charge in [0.2, 0.25) is 0 Å². The van der Waals surface area contributed by atoms with Crippen molar-refractivity contribution in [3.8, 4) is 0 Å². The number of fused-ring (bicyclic) bond motifs is 1. The molecule has 2 heteroatoms. The molecule has 1 aromatic heterocycles. The molecule has 3 rings (SSSR count). The summed E-state index contributed by atoms with van der Waals surface area (Å²) in [6.45, 7) is 2.21. The van der Waals surface area contributed by atoms with E-state index in [4.69, 9.17) is 5.73 Å². The molecule has 0 atom stereocenters. The van der Waals surface area contributed by atoms with E-state index in [9.17, 15) is 0 Å². The maximum Gasteiger partial charge on any atom is 0.0430 e. The molecule has 0 radical (unpaired) electrons. The summed E-state index contributed by atoms with van der Waals surface area (Å²) in [5.41, 5.74) is 12.5. The summed E-state index contributed by atoms with van der Waals surface area (Å²) in [5.74, 6) is 0. The molecule has 0 amide bonds. The van der Waals surface area contributed by atoms with E-state index in [-0.39, 0.29) is 5.54 Å². The summed E-state index contributed by atoms with van der Waals surface area (Å²) in [7, 11) is 0. The van der Waals surface area contributed by atoms with E-state index >= 15 is 0 Å². The average molecular weight is 218 g/mol. The summed E-state index contributed by atoms with van der Waals surface area (Å²) in [4.78, 5) is 3.59. The Morgan fingerprint density at radius 1 is 1.06 bits per heavy atom. The summed E-state index contributed by atoms with van der Waals surface area (Å²) in [6, 6.07) is 0. The maximum absolute atomic E-state index is 6.63. The van der Waals surface area contributed by atoms with Crippen LogP contribution in [0.5, 0.6) is 0 Å². The monoisotopic (exact) mass is 218 g/mol. The summed E-state index contributed by atoms with van der Waals surface area (Å²) in [5, 5.41) is 0. The highest BCUT2D eigenvalue weighted by Crippen LogP contribution is 2.42. The molecule has 2 aliphatic carbocycles. The molecule has 0 spiro atoms. The Labute approximate surface area is 97.6 Å². The first kappa shape index (κ1) is 10.4. The molecule has 1 aromatic rings. The maximum atomic E-state index is 6.63. The zero-order valence-corrected chi connectivity index (χ0v) is 10.2. The predicted molar refractivity (Wildman–Crippen MR) is 66.5 cm³/mol. The van der Waals surface area contributed by atoms with Gasteiger partial charge in [-0.25, -0.2) is 0 Å². The molecule has 1 saturated carbocycles. The Morgan fingerprint density at radius 2 is 1.75 bits per heavy atom. The third-order valence-corrected chi connectivity index (χ3v) is 4.48. The zero-order valence-electron chi connectivity index (χ0n) is 10.2. The lowest BCUT2D eigenvalue weighted by molar-refractivity contribution is 0.453. The third-order valence-electron chi connectivity index (χ3n) is 4.48. The van der Waals surface area contributed by atoms with E-state index in [0.29, 0.717) is 0 Å². The first-order valence-corrected chi connectivity index (χ1v) is 6.70. The SMILES string of the molecule is Cc1[nH]c2c(c1C1(N)CCCC1)CCCC2. The largest absolute Gasteiger partial charge is 0.362 e. The van der Waals surface area contributed by atoms with E-state index < -0.39 is 0 Å². The van der Waals surface area contributed by atoms with Gasteiger partial charge in [0.1, 0.15) is 0 Å². The third kappa shape index (κ3) is 1.43. The van der Waals surface area contributed by atoms with Crippen LogP contribution in [0.1, 0.15) is 61.0 Å². The minimum absolute atomic E-state index is 0.00843. The Morgan fingerprint density at radius 3 is 2.50 bits per heavy atom. The second kappa shape index (κ2) is 3.63. The minimum Gasteiger partial charge on any atom is -0.362 e. The van der Waals surface area contributed by atoms with Crippen LogP contribution in [0.2, 0.25) is 0 Å². The van der Waals surface area contributed by atoms with Crippen LogP contribution >= 0.6 is 0 Å². The molecule has 0 aromatic carbocycles. The molecule has 0 unspecified atom stereocenters. The highest BCUT2D eigenvalue weighted by molar-refractivity contribution is 5.43. The van der Waals surface area contributed by atoms with Crippen LogP contribution in [-0.2, 0) is 18.4 Å². The van der Waals surface area contributed by atoms with E-state index in [2.05, 4.69) is 11.9 Å². The fraction of sp³-hybridized carbons (Fsp3) is 0.714. The Hall–Kier alpha value is -0.760. The highest BCUT2D eigenvalue weighted by Gasteiger charge is 2.36. The number of H-pyrrole nitrogens is 1. The number of hydrogen-bond donors (Lipinski definition) is 2. The van der Waals surface area contributed by atoms with Crippen LogP contribution in [-0.4, -0.2) is 4.98 Å². The highest BCUT2D eigenvalue weighted by atomic mass is 14.8. The second-order valence-electron chi connectivity index (χ2n) is 5.65. The molecule has 1 heterocycles. The second-order valence-corrected chi connectivity index (χ2v) is 5.65. The van der Waals surface area contributed by atoms with Crippen molar-refractivity contribution in [2.45, 2.75) is 63.8 Å².